The van der Waals surface area contributed by atoms with E-state index in [0.717, 1.165) is 37.1 Å². The van der Waals surface area contributed by atoms with Gasteiger partial charge in [-0.1, -0.05) is 40.5 Å². The number of nitrogens with zero attached hydrogens (tertiary/aromatic N) is 1. The summed E-state index contributed by atoms with van der Waals surface area (Å²) >= 11 is 3.50. The van der Waals surface area contributed by atoms with Crippen LogP contribution in [0.15, 0.2) is 18.2 Å². The molecule has 0 spiro atoms. The fourth-order valence-electron chi connectivity index (χ4n) is 2.34. The van der Waals surface area contributed by atoms with Crippen molar-refractivity contribution in [1.82, 2.24) is 4.90 Å². The zero-order valence-electron chi connectivity index (χ0n) is 10.6. The summed E-state index contributed by atoms with van der Waals surface area (Å²) in [5, 5.41) is 1.03. The zero-order valence-corrected chi connectivity index (χ0v) is 12.2. The molecule has 1 atom stereocenters. The van der Waals surface area contributed by atoms with E-state index in [4.69, 9.17) is 4.74 Å². The summed E-state index contributed by atoms with van der Waals surface area (Å²) in [4.78, 5) is 2.43. The highest BCUT2D eigenvalue weighted by atomic mass is 79.9. The van der Waals surface area contributed by atoms with Crippen molar-refractivity contribution in [1.29, 1.82) is 0 Å². The van der Waals surface area contributed by atoms with E-state index >= 15 is 0 Å². The third-order valence-corrected chi connectivity index (χ3v) is 3.62. The molecule has 2 rings (SSSR count). The van der Waals surface area contributed by atoms with Gasteiger partial charge < -0.3 is 4.74 Å². The van der Waals surface area contributed by atoms with Crippen LogP contribution in [0.4, 0.5) is 0 Å². The van der Waals surface area contributed by atoms with Gasteiger partial charge in [-0.15, -0.1) is 0 Å². The average Bonchev–Trinajstić information content (AvgIpc) is 2.69. The molecule has 1 unspecified atom stereocenters. The average molecular weight is 298 g/mol. The normalized spacial score (nSPS) is 18.2. The third kappa shape index (κ3) is 3.23. The molecule has 0 aromatic heterocycles. The predicted molar refractivity (Wildman–Crippen MR) is 75.2 cm³/mol. The Labute approximate surface area is 112 Å². The Bertz CT molecular complexity index is 380. The van der Waals surface area contributed by atoms with E-state index in [1.807, 2.05) is 0 Å². The van der Waals surface area contributed by atoms with Crippen LogP contribution in [0.5, 0.6) is 5.75 Å². The van der Waals surface area contributed by atoms with E-state index in [0.29, 0.717) is 6.10 Å². The second-order valence-electron chi connectivity index (χ2n) is 4.64. The zero-order chi connectivity index (χ0) is 12.3. The molecule has 0 amide bonds. The Kier molecular flexibility index (Phi) is 4.46. The number of ether oxygens (including phenoxy) is 1. The number of hydrogen-bond donors (Lipinski definition) is 0. The highest BCUT2D eigenvalue weighted by Crippen LogP contribution is 2.29. The molecular weight excluding hydrogens is 278 g/mol. The van der Waals surface area contributed by atoms with E-state index in [1.165, 1.54) is 11.1 Å². The van der Waals surface area contributed by atoms with Crippen molar-refractivity contribution < 1.29 is 4.74 Å². The third-order valence-electron chi connectivity index (χ3n) is 3.27. The van der Waals surface area contributed by atoms with E-state index < -0.39 is 0 Å². The minimum absolute atomic E-state index is 0.325. The maximum absolute atomic E-state index is 5.98. The quantitative estimate of drug-likeness (QED) is 0.775. The van der Waals surface area contributed by atoms with Gasteiger partial charge in [0.1, 0.15) is 11.9 Å². The lowest BCUT2D eigenvalue weighted by molar-refractivity contribution is 0.159. The summed E-state index contributed by atoms with van der Waals surface area (Å²) in [5.74, 6) is 1.08. The Morgan fingerprint density at radius 1 is 1.47 bits per heavy atom. The van der Waals surface area contributed by atoms with E-state index in [2.05, 4.69) is 52.9 Å². The Hall–Kier alpha value is -0.540. The van der Waals surface area contributed by atoms with Gasteiger partial charge in [0.25, 0.3) is 0 Å². The van der Waals surface area contributed by atoms with Crippen LogP contribution >= 0.6 is 15.9 Å². The van der Waals surface area contributed by atoms with Crippen LogP contribution in [-0.2, 0) is 6.42 Å². The van der Waals surface area contributed by atoms with Gasteiger partial charge in [-0.2, -0.15) is 0 Å². The van der Waals surface area contributed by atoms with Gasteiger partial charge in [-0.05, 0) is 25.1 Å². The summed E-state index contributed by atoms with van der Waals surface area (Å²) < 4.78 is 5.98. The Balaban J connectivity index is 1.95. The topological polar surface area (TPSA) is 12.5 Å². The molecule has 0 N–H and O–H groups in total. The number of rotatable bonds is 5. The lowest BCUT2D eigenvalue weighted by Crippen LogP contribution is -2.35. The summed E-state index contributed by atoms with van der Waals surface area (Å²) in [7, 11) is 0. The van der Waals surface area contributed by atoms with E-state index in [9.17, 15) is 0 Å². The molecule has 1 heterocycles. The van der Waals surface area contributed by atoms with Crippen LogP contribution in [-0.4, -0.2) is 36.0 Å². The first-order valence-corrected chi connectivity index (χ1v) is 7.39. The van der Waals surface area contributed by atoms with Crippen molar-refractivity contribution in [2.75, 3.05) is 25.0 Å². The van der Waals surface area contributed by atoms with Crippen molar-refractivity contribution in [2.24, 2.45) is 0 Å². The first-order chi connectivity index (χ1) is 8.22. The van der Waals surface area contributed by atoms with Crippen LogP contribution in [0.2, 0.25) is 0 Å². The van der Waals surface area contributed by atoms with Crippen molar-refractivity contribution in [2.45, 2.75) is 26.4 Å². The Morgan fingerprint density at radius 2 is 2.29 bits per heavy atom. The SMILES string of the molecule is CCN(CCBr)CC1Cc2cc(C)ccc2O1. The van der Waals surface area contributed by atoms with Gasteiger partial charge in [-0.25, -0.2) is 0 Å². The molecule has 0 aliphatic carbocycles. The van der Waals surface area contributed by atoms with E-state index in [-0.39, 0.29) is 0 Å². The number of halogens is 1. The number of alkyl halides is 1. The molecule has 0 bridgehead atoms. The summed E-state index contributed by atoms with van der Waals surface area (Å²) in [6, 6.07) is 6.47. The van der Waals surface area contributed by atoms with Gasteiger partial charge in [0.15, 0.2) is 0 Å². The molecule has 0 fully saturated rings. The van der Waals surface area contributed by atoms with Crippen LogP contribution in [0.1, 0.15) is 18.1 Å². The van der Waals surface area contributed by atoms with Crippen molar-refractivity contribution in [3.8, 4) is 5.75 Å². The molecular formula is C14H20BrNO. The number of hydrogen-bond acceptors (Lipinski definition) is 2. The minimum Gasteiger partial charge on any atom is -0.488 e. The lowest BCUT2D eigenvalue weighted by Gasteiger charge is -2.22. The number of fused-ring (bicyclic) bond motifs is 1. The van der Waals surface area contributed by atoms with Crippen molar-refractivity contribution >= 4 is 15.9 Å². The fraction of sp³-hybridized carbons (Fsp3) is 0.571. The molecule has 1 aromatic carbocycles. The Morgan fingerprint density at radius 3 is 3.00 bits per heavy atom. The molecule has 0 radical (unpaired) electrons. The number of aryl methyl sites for hydroxylation is 1. The van der Waals surface area contributed by atoms with Crippen LogP contribution in [0.3, 0.4) is 0 Å². The molecule has 94 valence electrons. The second kappa shape index (κ2) is 5.87. The first kappa shape index (κ1) is 12.9. The molecule has 17 heavy (non-hydrogen) atoms. The molecule has 2 nitrogen and oxygen atoms in total. The molecule has 0 saturated carbocycles. The first-order valence-electron chi connectivity index (χ1n) is 6.27. The lowest BCUT2D eigenvalue weighted by atomic mass is 10.1. The monoisotopic (exact) mass is 297 g/mol. The molecule has 3 heteroatoms. The molecule has 0 saturated heterocycles. The highest BCUT2D eigenvalue weighted by Gasteiger charge is 2.24. The minimum atomic E-state index is 0.325. The molecule has 1 aromatic rings. The summed E-state index contributed by atoms with van der Waals surface area (Å²) in [5.41, 5.74) is 2.69. The standard InChI is InChI=1S/C14H20BrNO/c1-3-16(7-6-15)10-13-9-12-8-11(2)4-5-14(12)17-13/h4-5,8,13H,3,6-7,9-10H2,1-2H3. The molecule has 1 aliphatic rings. The van der Waals surface area contributed by atoms with Gasteiger partial charge in [0.05, 0.1) is 0 Å². The van der Waals surface area contributed by atoms with Gasteiger partial charge in [-0.3, -0.25) is 4.90 Å². The maximum Gasteiger partial charge on any atom is 0.123 e. The maximum atomic E-state index is 5.98. The number of benzene rings is 1. The van der Waals surface area contributed by atoms with Crippen LogP contribution in [0, 0.1) is 6.92 Å². The smallest absolute Gasteiger partial charge is 0.123 e. The van der Waals surface area contributed by atoms with Crippen molar-refractivity contribution in [3.05, 3.63) is 29.3 Å². The largest absolute Gasteiger partial charge is 0.488 e. The van der Waals surface area contributed by atoms with Crippen LogP contribution in [0.25, 0.3) is 0 Å². The fourth-order valence-corrected chi connectivity index (χ4v) is 2.84. The highest BCUT2D eigenvalue weighted by molar-refractivity contribution is 9.09. The summed E-state index contributed by atoms with van der Waals surface area (Å²) in [6.45, 7) is 7.54. The van der Waals surface area contributed by atoms with Gasteiger partial charge >= 0.3 is 0 Å². The molecule has 1 aliphatic heterocycles. The van der Waals surface area contributed by atoms with E-state index in [1.54, 1.807) is 0 Å². The van der Waals surface area contributed by atoms with Crippen LogP contribution < -0.4 is 4.74 Å². The van der Waals surface area contributed by atoms with Crippen molar-refractivity contribution in [3.63, 3.8) is 0 Å². The van der Waals surface area contributed by atoms with Gasteiger partial charge in [0, 0.05) is 24.8 Å². The second-order valence-corrected chi connectivity index (χ2v) is 5.43. The summed E-state index contributed by atoms with van der Waals surface area (Å²) in [6.07, 6.45) is 1.38. The predicted octanol–water partition coefficient (Wildman–Crippen LogP) is 3.02. The van der Waals surface area contributed by atoms with Gasteiger partial charge in [0.2, 0.25) is 0 Å². The number of likely N-dealkylation sites (N-methyl/N-ethyl adjacent to an activating group) is 1.